The molecule has 112 valence electrons. The van der Waals surface area contributed by atoms with Crippen LogP contribution in [0.5, 0.6) is 5.75 Å². The fourth-order valence-corrected chi connectivity index (χ4v) is 2.98. The van der Waals surface area contributed by atoms with Crippen LogP contribution in [-0.2, 0) is 13.1 Å². The van der Waals surface area contributed by atoms with Gasteiger partial charge in [-0.3, -0.25) is 0 Å². The lowest BCUT2D eigenvalue weighted by atomic mass is 9.93. The van der Waals surface area contributed by atoms with Crippen LogP contribution in [-0.4, -0.2) is 22.7 Å². The van der Waals surface area contributed by atoms with E-state index in [-0.39, 0.29) is 0 Å². The lowest BCUT2D eigenvalue weighted by molar-refractivity contribution is 0.257. The Labute approximate surface area is 126 Å². The molecule has 0 fully saturated rings. The maximum Gasteiger partial charge on any atom is 0.122 e. The van der Waals surface area contributed by atoms with Gasteiger partial charge in [-0.2, -0.15) is 0 Å². The van der Waals surface area contributed by atoms with Crippen LogP contribution in [0.3, 0.4) is 0 Å². The number of imidazole rings is 1. The lowest BCUT2D eigenvalue weighted by Crippen LogP contribution is -2.22. The first kappa shape index (κ1) is 14.1. The second-order valence-electron chi connectivity index (χ2n) is 5.56. The van der Waals surface area contributed by atoms with Crippen LogP contribution < -0.4 is 10.1 Å². The molecule has 0 spiro atoms. The highest BCUT2D eigenvalue weighted by Crippen LogP contribution is 2.34. The molecular weight excluding hydrogens is 262 g/mol. The van der Waals surface area contributed by atoms with Crippen molar-refractivity contribution in [2.24, 2.45) is 0 Å². The minimum Gasteiger partial charge on any atom is -0.493 e. The van der Waals surface area contributed by atoms with Gasteiger partial charge in [-0.05, 0) is 31.5 Å². The molecule has 21 heavy (non-hydrogen) atoms. The molecule has 2 heterocycles. The molecule has 0 saturated carbocycles. The Bertz CT molecular complexity index is 606. The number of aromatic nitrogens is 2. The van der Waals surface area contributed by atoms with Gasteiger partial charge in [0.1, 0.15) is 11.6 Å². The van der Waals surface area contributed by atoms with Crippen LogP contribution in [0.4, 0.5) is 0 Å². The van der Waals surface area contributed by atoms with Crippen molar-refractivity contribution >= 4 is 0 Å². The molecule has 2 aromatic rings. The maximum absolute atomic E-state index is 5.76. The largest absolute Gasteiger partial charge is 0.493 e. The quantitative estimate of drug-likeness (QED) is 0.918. The van der Waals surface area contributed by atoms with Gasteiger partial charge >= 0.3 is 0 Å². The third-order valence-corrected chi connectivity index (χ3v) is 4.18. The van der Waals surface area contributed by atoms with Gasteiger partial charge in [0.2, 0.25) is 0 Å². The van der Waals surface area contributed by atoms with Gasteiger partial charge in [-0.25, -0.2) is 4.98 Å². The molecular formula is C17H23N3O. The molecule has 0 amide bonds. The Balaban J connectivity index is 1.83. The van der Waals surface area contributed by atoms with Crippen LogP contribution in [0.25, 0.3) is 0 Å². The molecule has 3 rings (SSSR count). The molecule has 0 radical (unpaired) electrons. The number of hydrogen-bond acceptors (Lipinski definition) is 3. The van der Waals surface area contributed by atoms with Crippen molar-refractivity contribution in [1.82, 2.24) is 14.9 Å². The van der Waals surface area contributed by atoms with Crippen LogP contribution in [0, 0.1) is 6.92 Å². The molecule has 0 bridgehead atoms. The Kier molecular flexibility index (Phi) is 4.25. The summed E-state index contributed by atoms with van der Waals surface area (Å²) in [6.07, 6.45) is 3.05. The molecule has 1 N–H and O–H groups in total. The lowest BCUT2D eigenvalue weighted by Gasteiger charge is -2.27. The highest BCUT2D eigenvalue weighted by molar-refractivity contribution is 5.37. The highest BCUT2D eigenvalue weighted by Gasteiger charge is 2.22. The number of fused-ring (bicyclic) bond motifs is 1. The van der Waals surface area contributed by atoms with Crippen molar-refractivity contribution in [3.63, 3.8) is 0 Å². The molecule has 4 nitrogen and oxygen atoms in total. The van der Waals surface area contributed by atoms with Gasteiger partial charge in [-0.15, -0.1) is 0 Å². The summed E-state index contributed by atoms with van der Waals surface area (Å²) in [6.45, 7) is 7.85. The van der Waals surface area contributed by atoms with E-state index >= 15 is 0 Å². The Morgan fingerprint density at radius 1 is 1.38 bits per heavy atom. The van der Waals surface area contributed by atoms with Gasteiger partial charge < -0.3 is 14.6 Å². The zero-order chi connectivity index (χ0) is 14.7. The second-order valence-corrected chi connectivity index (χ2v) is 5.56. The summed E-state index contributed by atoms with van der Waals surface area (Å²) >= 11 is 0. The smallest absolute Gasteiger partial charge is 0.122 e. The average Bonchev–Trinajstić information content (AvgIpc) is 2.86. The zero-order valence-corrected chi connectivity index (χ0v) is 12.8. The third kappa shape index (κ3) is 2.95. The second kappa shape index (κ2) is 6.31. The van der Waals surface area contributed by atoms with Gasteiger partial charge in [0.15, 0.2) is 0 Å². The predicted molar refractivity (Wildman–Crippen MR) is 83.6 cm³/mol. The SMILES string of the molecule is CCNCc1cnc(C)n1CC1CCOc2ccccc21. The molecule has 1 atom stereocenters. The average molecular weight is 285 g/mol. The Morgan fingerprint density at radius 2 is 2.24 bits per heavy atom. The van der Waals surface area contributed by atoms with Crippen molar-refractivity contribution in [3.05, 3.63) is 47.5 Å². The molecule has 1 aromatic carbocycles. The number of rotatable bonds is 5. The van der Waals surface area contributed by atoms with Gasteiger partial charge in [0.05, 0.1) is 12.3 Å². The van der Waals surface area contributed by atoms with Crippen LogP contribution in [0.1, 0.15) is 36.3 Å². The third-order valence-electron chi connectivity index (χ3n) is 4.18. The van der Waals surface area contributed by atoms with Crippen LogP contribution in [0.2, 0.25) is 0 Å². The van der Waals surface area contributed by atoms with Gasteiger partial charge in [-0.1, -0.05) is 25.1 Å². The maximum atomic E-state index is 5.76. The summed E-state index contributed by atoms with van der Waals surface area (Å²) in [7, 11) is 0. The van der Waals surface area contributed by atoms with Crippen molar-refractivity contribution in [3.8, 4) is 5.75 Å². The summed E-state index contributed by atoms with van der Waals surface area (Å²) in [5.74, 6) is 2.63. The van der Waals surface area contributed by atoms with E-state index in [1.807, 2.05) is 12.3 Å². The van der Waals surface area contributed by atoms with Crippen LogP contribution >= 0.6 is 0 Å². The highest BCUT2D eigenvalue weighted by atomic mass is 16.5. The minimum absolute atomic E-state index is 0.503. The first-order valence-corrected chi connectivity index (χ1v) is 7.73. The molecule has 4 heteroatoms. The van der Waals surface area contributed by atoms with E-state index in [0.717, 1.165) is 44.2 Å². The predicted octanol–water partition coefficient (Wildman–Crippen LogP) is 2.87. The molecule has 0 saturated heterocycles. The van der Waals surface area contributed by atoms with E-state index in [2.05, 4.69) is 46.9 Å². The molecule has 1 aromatic heterocycles. The summed E-state index contributed by atoms with van der Waals surface area (Å²) in [5.41, 5.74) is 2.59. The van der Waals surface area contributed by atoms with Gasteiger partial charge in [0.25, 0.3) is 0 Å². The summed E-state index contributed by atoms with van der Waals surface area (Å²) in [5, 5.41) is 3.39. The van der Waals surface area contributed by atoms with E-state index in [9.17, 15) is 0 Å². The number of nitrogens with zero attached hydrogens (tertiary/aromatic N) is 2. The van der Waals surface area contributed by atoms with Crippen LogP contribution in [0.15, 0.2) is 30.5 Å². The van der Waals surface area contributed by atoms with E-state index in [4.69, 9.17) is 4.74 Å². The molecule has 0 aliphatic carbocycles. The van der Waals surface area contributed by atoms with E-state index in [1.165, 1.54) is 11.3 Å². The fourth-order valence-electron chi connectivity index (χ4n) is 2.98. The number of ether oxygens (including phenoxy) is 1. The first-order chi connectivity index (χ1) is 10.3. The molecule has 1 aliphatic heterocycles. The minimum atomic E-state index is 0.503. The summed E-state index contributed by atoms with van der Waals surface area (Å²) < 4.78 is 8.10. The molecule has 1 aliphatic rings. The Hall–Kier alpha value is -1.81. The standard InChI is InChI=1S/C17H23N3O/c1-3-18-10-15-11-19-13(2)20(15)12-14-8-9-21-17-7-5-4-6-16(14)17/h4-7,11,14,18H,3,8-10,12H2,1-2H3. The number of aryl methyl sites for hydroxylation is 1. The summed E-state index contributed by atoms with van der Waals surface area (Å²) in [4.78, 5) is 4.48. The Morgan fingerprint density at radius 3 is 3.10 bits per heavy atom. The van der Waals surface area contributed by atoms with E-state index in [0.29, 0.717) is 5.92 Å². The fraction of sp³-hybridized carbons (Fsp3) is 0.471. The van der Waals surface area contributed by atoms with E-state index in [1.54, 1.807) is 0 Å². The first-order valence-electron chi connectivity index (χ1n) is 7.73. The van der Waals surface area contributed by atoms with Crippen molar-refractivity contribution in [2.75, 3.05) is 13.2 Å². The van der Waals surface area contributed by atoms with Crippen molar-refractivity contribution in [2.45, 2.75) is 39.3 Å². The van der Waals surface area contributed by atoms with E-state index < -0.39 is 0 Å². The zero-order valence-electron chi connectivity index (χ0n) is 12.8. The normalized spacial score (nSPS) is 17.3. The number of hydrogen-bond donors (Lipinski definition) is 1. The summed E-state index contributed by atoms with van der Waals surface area (Å²) in [6, 6.07) is 8.40. The molecule has 1 unspecified atom stereocenters. The number of benzene rings is 1. The number of nitrogens with one attached hydrogen (secondary N) is 1. The topological polar surface area (TPSA) is 39.1 Å². The van der Waals surface area contributed by atoms with Crippen molar-refractivity contribution in [1.29, 1.82) is 0 Å². The van der Waals surface area contributed by atoms with Crippen molar-refractivity contribution < 1.29 is 4.74 Å². The van der Waals surface area contributed by atoms with Gasteiger partial charge in [0, 0.05) is 25.2 Å². The number of para-hydroxylation sites is 1. The monoisotopic (exact) mass is 285 g/mol.